The van der Waals surface area contributed by atoms with Crippen LogP contribution in [-0.4, -0.2) is 50.0 Å². The molecule has 0 radical (unpaired) electrons. The number of sulfonamides is 1. The molecule has 1 fully saturated rings. The molecule has 1 aliphatic rings. The SMILES string of the molecule is CCC(CC)C(=O)N1CCC(NS(=O)(=O)CC(C)(F)F)CC1. The van der Waals surface area contributed by atoms with Crippen LogP contribution >= 0.6 is 0 Å². The molecule has 5 nitrogen and oxygen atoms in total. The van der Waals surface area contributed by atoms with Crippen LogP contribution in [0.25, 0.3) is 0 Å². The summed E-state index contributed by atoms with van der Waals surface area (Å²) in [7, 11) is -4.01. The summed E-state index contributed by atoms with van der Waals surface area (Å²) in [5.74, 6) is -4.34. The Bertz CT molecular complexity index is 465. The molecule has 0 unspecified atom stereocenters. The van der Waals surface area contributed by atoms with E-state index in [4.69, 9.17) is 0 Å². The van der Waals surface area contributed by atoms with Crippen LogP contribution in [0.5, 0.6) is 0 Å². The minimum absolute atomic E-state index is 0.00650. The first kappa shape index (κ1) is 19.3. The van der Waals surface area contributed by atoms with Crippen LogP contribution in [0.2, 0.25) is 0 Å². The maximum Gasteiger partial charge on any atom is 0.260 e. The highest BCUT2D eigenvalue weighted by Gasteiger charge is 2.33. The van der Waals surface area contributed by atoms with Crippen molar-refractivity contribution in [3.63, 3.8) is 0 Å². The van der Waals surface area contributed by atoms with Gasteiger partial charge in [0.15, 0.2) is 0 Å². The van der Waals surface area contributed by atoms with Crippen molar-refractivity contribution in [3.05, 3.63) is 0 Å². The third-order valence-corrected chi connectivity index (χ3v) is 5.51. The third kappa shape index (κ3) is 6.16. The molecule has 1 heterocycles. The molecular formula is C14H26F2N2O3S. The van der Waals surface area contributed by atoms with E-state index < -0.39 is 21.7 Å². The lowest BCUT2D eigenvalue weighted by molar-refractivity contribution is -0.136. The molecule has 1 amide bonds. The largest absolute Gasteiger partial charge is 0.342 e. The molecule has 0 saturated carbocycles. The Morgan fingerprint density at radius 2 is 1.77 bits per heavy atom. The van der Waals surface area contributed by atoms with Gasteiger partial charge in [-0.05, 0) is 25.7 Å². The number of hydrogen-bond donors (Lipinski definition) is 1. The highest BCUT2D eigenvalue weighted by atomic mass is 32.2. The fourth-order valence-corrected chi connectivity index (χ4v) is 4.24. The number of rotatable bonds is 7. The molecule has 0 aliphatic carbocycles. The normalized spacial score (nSPS) is 18.0. The smallest absolute Gasteiger partial charge is 0.260 e. The maximum atomic E-state index is 12.8. The molecule has 1 aliphatic heterocycles. The third-order valence-electron chi connectivity index (χ3n) is 3.93. The number of amides is 1. The lowest BCUT2D eigenvalue weighted by Crippen LogP contribution is -2.49. The summed E-state index contributed by atoms with van der Waals surface area (Å²) in [6.07, 6.45) is 2.49. The number of halogens is 2. The lowest BCUT2D eigenvalue weighted by atomic mass is 9.99. The van der Waals surface area contributed by atoms with E-state index in [1.54, 1.807) is 4.90 Å². The van der Waals surface area contributed by atoms with Crippen LogP contribution in [0.15, 0.2) is 0 Å². The van der Waals surface area contributed by atoms with Crippen LogP contribution in [0.3, 0.4) is 0 Å². The number of carbonyl (C=O) groups excluding carboxylic acids is 1. The summed E-state index contributed by atoms with van der Waals surface area (Å²) >= 11 is 0. The summed E-state index contributed by atoms with van der Waals surface area (Å²) < 4.78 is 51.3. The zero-order chi connectivity index (χ0) is 17.0. The van der Waals surface area contributed by atoms with Crippen molar-refractivity contribution in [1.82, 2.24) is 9.62 Å². The minimum atomic E-state index is -4.01. The summed E-state index contributed by atoms with van der Waals surface area (Å²) in [6.45, 7) is 5.45. The summed E-state index contributed by atoms with van der Waals surface area (Å²) in [5.41, 5.74) is 0. The zero-order valence-electron chi connectivity index (χ0n) is 13.4. The van der Waals surface area contributed by atoms with Crippen LogP contribution in [0.4, 0.5) is 8.78 Å². The number of piperidine rings is 1. The van der Waals surface area contributed by atoms with Crippen molar-refractivity contribution in [2.45, 2.75) is 58.4 Å². The second-order valence-electron chi connectivity index (χ2n) is 6.06. The molecule has 0 aromatic heterocycles. The van der Waals surface area contributed by atoms with Gasteiger partial charge in [-0.15, -0.1) is 0 Å². The number of alkyl halides is 2. The molecule has 1 N–H and O–H groups in total. The van der Waals surface area contributed by atoms with E-state index in [1.165, 1.54) is 0 Å². The first-order chi connectivity index (χ1) is 10.1. The van der Waals surface area contributed by atoms with Crippen molar-refractivity contribution >= 4 is 15.9 Å². The fourth-order valence-electron chi connectivity index (χ4n) is 2.74. The molecule has 0 atom stereocenters. The van der Waals surface area contributed by atoms with E-state index in [2.05, 4.69) is 4.72 Å². The molecule has 8 heteroatoms. The van der Waals surface area contributed by atoms with E-state index in [-0.39, 0.29) is 17.9 Å². The standard InChI is InChI=1S/C14H26F2N2O3S/c1-4-11(5-2)13(19)18-8-6-12(7-9-18)17-22(20,21)10-14(3,15)16/h11-12,17H,4-10H2,1-3H3. The van der Waals surface area contributed by atoms with Gasteiger partial charge < -0.3 is 4.90 Å². The second-order valence-corrected chi connectivity index (χ2v) is 7.81. The van der Waals surface area contributed by atoms with Gasteiger partial charge in [-0.25, -0.2) is 21.9 Å². The van der Waals surface area contributed by atoms with E-state index in [0.717, 1.165) is 12.8 Å². The number of carbonyl (C=O) groups is 1. The van der Waals surface area contributed by atoms with Gasteiger partial charge in [0.05, 0.1) is 0 Å². The van der Waals surface area contributed by atoms with Gasteiger partial charge in [-0.3, -0.25) is 4.79 Å². The average molecular weight is 340 g/mol. The summed E-state index contributed by atoms with van der Waals surface area (Å²) in [4.78, 5) is 14.0. The molecule has 130 valence electrons. The van der Waals surface area contributed by atoms with Gasteiger partial charge in [0.2, 0.25) is 15.9 Å². The van der Waals surface area contributed by atoms with Crippen molar-refractivity contribution in [2.75, 3.05) is 18.8 Å². The topological polar surface area (TPSA) is 66.5 Å². The van der Waals surface area contributed by atoms with E-state index in [1.807, 2.05) is 13.8 Å². The first-order valence-electron chi connectivity index (χ1n) is 7.74. The molecule has 1 saturated heterocycles. The summed E-state index contributed by atoms with van der Waals surface area (Å²) in [5, 5.41) is 0. The monoisotopic (exact) mass is 340 g/mol. The Balaban J connectivity index is 2.51. The van der Waals surface area contributed by atoms with Crippen LogP contribution in [0.1, 0.15) is 46.5 Å². The molecule has 0 aromatic rings. The molecular weight excluding hydrogens is 314 g/mol. The van der Waals surface area contributed by atoms with Crippen molar-refractivity contribution < 1.29 is 22.0 Å². The van der Waals surface area contributed by atoms with Gasteiger partial charge in [0.25, 0.3) is 5.92 Å². The second kappa shape index (κ2) is 7.68. The van der Waals surface area contributed by atoms with Gasteiger partial charge in [0, 0.05) is 32.0 Å². The minimum Gasteiger partial charge on any atom is -0.342 e. The Morgan fingerprint density at radius 3 is 2.18 bits per heavy atom. The Hall–Kier alpha value is -0.760. The highest BCUT2D eigenvalue weighted by Crippen LogP contribution is 2.19. The number of likely N-dealkylation sites (tertiary alicyclic amines) is 1. The average Bonchev–Trinajstić information content (AvgIpc) is 2.37. The molecule has 0 spiro atoms. The van der Waals surface area contributed by atoms with Gasteiger partial charge in [-0.2, -0.15) is 0 Å². The Morgan fingerprint density at radius 1 is 1.27 bits per heavy atom. The van der Waals surface area contributed by atoms with Crippen molar-refractivity contribution in [3.8, 4) is 0 Å². The first-order valence-corrected chi connectivity index (χ1v) is 9.39. The van der Waals surface area contributed by atoms with Crippen molar-refractivity contribution in [2.24, 2.45) is 5.92 Å². The molecule has 0 bridgehead atoms. The van der Waals surface area contributed by atoms with Crippen LogP contribution in [-0.2, 0) is 14.8 Å². The predicted octanol–water partition coefficient (Wildman–Crippen LogP) is 1.99. The number of hydrogen-bond acceptors (Lipinski definition) is 3. The van der Waals surface area contributed by atoms with E-state index in [0.29, 0.717) is 32.9 Å². The quantitative estimate of drug-likeness (QED) is 0.771. The van der Waals surface area contributed by atoms with Gasteiger partial charge in [-0.1, -0.05) is 13.8 Å². The van der Waals surface area contributed by atoms with Crippen LogP contribution in [0, 0.1) is 5.92 Å². The summed E-state index contributed by atoms with van der Waals surface area (Å²) in [6, 6.07) is -0.377. The van der Waals surface area contributed by atoms with Gasteiger partial charge in [0.1, 0.15) is 5.75 Å². The fraction of sp³-hybridized carbons (Fsp3) is 0.929. The number of nitrogens with zero attached hydrogens (tertiary/aromatic N) is 1. The van der Waals surface area contributed by atoms with Crippen LogP contribution < -0.4 is 4.72 Å². The molecule has 1 rings (SSSR count). The van der Waals surface area contributed by atoms with Crippen molar-refractivity contribution in [1.29, 1.82) is 0 Å². The molecule has 0 aromatic carbocycles. The molecule has 22 heavy (non-hydrogen) atoms. The van der Waals surface area contributed by atoms with E-state index >= 15 is 0 Å². The Labute approximate surface area is 131 Å². The highest BCUT2D eigenvalue weighted by molar-refractivity contribution is 7.89. The predicted molar refractivity (Wildman–Crippen MR) is 81.2 cm³/mol. The van der Waals surface area contributed by atoms with E-state index in [9.17, 15) is 22.0 Å². The number of nitrogens with one attached hydrogen (secondary N) is 1. The maximum absolute atomic E-state index is 12.8. The Kier molecular flexibility index (Phi) is 6.73. The van der Waals surface area contributed by atoms with Gasteiger partial charge >= 0.3 is 0 Å². The lowest BCUT2D eigenvalue weighted by Gasteiger charge is -2.34. The zero-order valence-corrected chi connectivity index (χ0v) is 14.3.